The molecule has 1 aliphatic carbocycles. The van der Waals surface area contributed by atoms with Gasteiger partial charge in [0.15, 0.2) is 28.4 Å². The highest BCUT2D eigenvalue weighted by Crippen LogP contribution is 2.61. The molecular formula is C38H52N2O9. The van der Waals surface area contributed by atoms with Crippen LogP contribution in [0.3, 0.4) is 0 Å². The van der Waals surface area contributed by atoms with Crippen LogP contribution in [0.2, 0.25) is 0 Å². The molecule has 0 bridgehead atoms. The molecule has 0 N–H and O–H groups in total. The molecule has 0 radical (unpaired) electrons. The van der Waals surface area contributed by atoms with Gasteiger partial charge in [-0.25, -0.2) is 0 Å². The Morgan fingerprint density at radius 2 is 1.29 bits per heavy atom. The molecule has 0 aromatic heterocycles. The van der Waals surface area contributed by atoms with Gasteiger partial charge < -0.3 is 33.3 Å². The molecule has 3 aliphatic rings. The van der Waals surface area contributed by atoms with E-state index in [1.807, 2.05) is 36.1 Å². The summed E-state index contributed by atoms with van der Waals surface area (Å²) >= 11 is 0. The lowest BCUT2D eigenvalue weighted by molar-refractivity contribution is -0.185. The van der Waals surface area contributed by atoms with E-state index in [0.717, 1.165) is 35.2 Å². The van der Waals surface area contributed by atoms with Gasteiger partial charge in [-0.3, -0.25) is 19.3 Å². The van der Waals surface area contributed by atoms with Crippen molar-refractivity contribution in [2.24, 2.45) is 11.3 Å². The third-order valence-electron chi connectivity index (χ3n) is 11.0. The summed E-state index contributed by atoms with van der Waals surface area (Å²) in [6.07, 6.45) is 2.31. The van der Waals surface area contributed by atoms with Gasteiger partial charge >= 0.3 is 11.9 Å². The molecule has 0 saturated heterocycles. The van der Waals surface area contributed by atoms with Crippen molar-refractivity contribution < 1.29 is 42.8 Å². The average molecular weight is 681 g/mol. The third-order valence-corrected chi connectivity index (χ3v) is 11.0. The first kappa shape index (κ1) is 36.3. The highest BCUT2D eigenvalue weighted by Gasteiger charge is 2.64. The molecule has 11 heteroatoms. The fraction of sp³-hybridized carbons (Fsp3) is 0.605. The summed E-state index contributed by atoms with van der Waals surface area (Å²) in [6.45, 7) is 9.66. The van der Waals surface area contributed by atoms with Crippen LogP contribution < -0.4 is 18.9 Å². The fourth-order valence-corrected chi connectivity index (χ4v) is 8.77. The number of carbonyl (C=O) groups excluding carboxylic acids is 3. The van der Waals surface area contributed by atoms with Gasteiger partial charge in [0.2, 0.25) is 5.91 Å². The molecule has 2 aromatic rings. The van der Waals surface area contributed by atoms with Crippen LogP contribution in [0, 0.1) is 11.3 Å². The Bertz CT molecular complexity index is 1540. The summed E-state index contributed by atoms with van der Waals surface area (Å²) in [5, 5.41) is 0. The molecule has 2 heterocycles. The van der Waals surface area contributed by atoms with Crippen LogP contribution in [0.1, 0.15) is 81.7 Å². The van der Waals surface area contributed by atoms with Crippen molar-refractivity contribution in [1.82, 2.24) is 9.80 Å². The van der Waals surface area contributed by atoms with Crippen LogP contribution in [0.15, 0.2) is 24.3 Å². The molecule has 268 valence electrons. The summed E-state index contributed by atoms with van der Waals surface area (Å²) in [5.41, 5.74) is 1.65. The number of amides is 1. The number of esters is 2. The van der Waals surface area contributed by atoms with E-state index in [0.29, 0.717) is 55.4 Å². The maximum Gasteiger partial charge on any atom is 0.323 e. The van der Waals surface area contributed by atoms with Crippen LogP contribution >= 0.6 is 0 Å². The molecule has 5 rings (SSSR count). The smallest absolute Gasteiger partial charge is 0.323 e. The monoisotopic (exact) mass is 680 g/mol. The minimum Gasteiger partial charge on any atom is -0.493 e. The number of benzene rings is 2. The number of fused-ring (bicyclic) bond motifs is 3. The molecule has 1 saturated carbocycles. The summed E-state index contributed by atoms with van der Waals surface area (Å²) in [7, 11) is 6.47. The van der Waals surface area contributed by atoms with Crippen molar-refractivity contribution in [3.8, 4) is 23.0 Å². The maximum atomic E-state index is 14.2. The highest BCUT2D eigenvalue weighted by atomic mass is 16.6. The van der Waals surface area contributed by atoms with Gasteiger partial charge in [-0.2, -0.15) is 0 Å². The minimum atomic E-state index is -1.56. The van der Waals surface area contributed by atoms with E-state index in [9.17, 15) is 14.4 Å². The molecule has 1 amide bonds. The predicted molar refractivity (Wildman–Crippen MR) is 183 cm³/mol. The Hall–Kier alpha value is -3.99. The van der Waals surface area contributed by atoms with Gasteiger partial charge in [-0.1, -0.05) is 13.8 Å². The second kappa shape index (κ2) is 14.9. The van der Waals surface area contributed by atoms with Crippen molar-refractivity contribution in [1.29, 1.82) is 0 Å². The molecule has 2 aromatic carbocycles. The number of carbonyl (C=O) groups is 3. The van der Waals surface area contributed by atoms with Crippen molar-refractivity contribution in [2.45, 2.75) is 77.8 Å². The van der Waals surface area contributed by atoms with Gasteiger partial charge in [0.25, 0.3) is 0 Å². The zero-order chi connectivity index (χ0) is 35.5. The van der Waals surface area contributed by atoms with Crippen LogP contribution in [-0.4, -0.2) is 88.9 Å². The lowest BCUT2D eigenvalue weighted by atomic mass is 9.54. The average Bonchev–Trinajstić information content (AvgIpc) is 3.13. The molecule has 1 spiro atoms. The van der Waals surface area contributed by atoms with E-state index in [1.54, 1.807) is 42.3 Å². The minimum absolute atomic E-state index is 0.0107. The molecule has 1 unspecified atom stereocenters. The van der Waals surface area contributed by atoms with E-state index in [2.05, 4.69) is 11.8 Å². The molecule has 49 heavy (non-hydrogen) atoms. The van der Waals surface area contributed by atoms with Gasteiger partial charge in [-0.05, 0) is 99.0 Å². The number of hydrogen-bond donors (Lipinski definition) is 0. The van der Waals surface area contributed by atoms with Crippen molar-refractivity contribution >= 4 is 17.8 Å². The second-order valence-electron chi connectivity index (χ2n) is 13.0. The molecule has 11 nitrogen and oxygen atoms in total. The predicted octanol–water partition coefficient (Wildman–Crippen LogP) is 5.24. The first-order valence-electron chi connectivity index (χ1n) is 17.5. The summed E-state index contributed by atoms with van der Waals surface area (Å²) in [5.74, 6) is 0.776. The third kappa shape index (κ3) is 5.98. The van der Waals surface area contributed by atoms with Crippen LogP contribution in [0.25, 0.3) is 0 Å². The standard InChI is InChI=1S/C38H52N2O9/c1-9-33(41)40-18-14-25-20-30(45-6)32(47-8)22-27(25)38(40)16-15-37(35(42)48-11-3,36(43)49-12-4)23-28(38)34-26-21-31(46-7)29(44-5)19-24(26)13-17-39(34)10-2/h19-22,28,34H,9-18,23H2,1-8H3/t28-,34?,38+/m1/s1. The Balaban J connectivity index is 1.88. The highest BCUT2D eigenvalue weighted by molar-refractivity contribution is 6.00. The summed E-state index contributed by atoms with van der Waals surface area (Å²) in [6, 6.07) is 7.77. The number of ether oxygens (including phenoxy) is 6. The normalized spacial score (nSPS) is 22.8. The van der Waals surface area contributed by atoms with E-state index in [1.165, 1.54) is 0 Å². The number of methoxy groups -OCH3 is 4. The molecule has 2 aliphatic heterocycles. The Morgan fingerprint density at radius 1 is 0.735 bits per heavy atom. The van der Waals surface area contributed by atoms with Gasteiger partial charge in [0.05, 0.1) is 47.2 Å². The van der Waals surface area contributed by atoms with Crippen molar-refractivity contribution in [2.75, 3.05) is 61.3 Å². The van der Waals surface area contributed by atoms with Crippen molar-refractivity contribution in [3.05, 3.63) is 46.5 Å². The Labute approximate surface area is 290 Å². The molecule has 1 fully saturated rings. The summed E-state index contributed by atoms with van der Waals surface area (Å²) < 4.78 is 34.5. The largest absolute Gasteiger partial charge is 0.493 e. The number of hydrogen-bond acceptors (Lipinski definition) is 10. The first-order valence-corrected chi connectivity index (χ1v) is 17.5. The van der Waals surface area contributed by atoms with E-state index < -0.39 is 28.8 Å². The zero-order valence-electron chi connectivity index (χ0n) is 30.3. The zero-order valence-corrected chi connectivity index (χ0v) is 30.3. The topological polar surface area (TPSA) is 113 Å². The van der Waals surface area contributed by atoms with Crippen molar-refractivity contribution in [3.63, 3.8) is 0 Å². The Kier molecular flexibility index (Phi) is 11.0. The SMILES string of the molecule is CCOC(=O)C1(C(=O)OCC)CC[C@]2(c3cc(OC)c(OC)cc3CCN2C(=O)CC)[C@@H](C2c3cc(OC)c(OC)cc3CCN2CC)C1. The van der Waals surface area contributed by atoms with E-state index in [-0.39, 0.29) is 38.0 Å². The summed E-state index contributed by atoms with van der Waals surface area (Å²) in [4.78, 5) is 46.9. The molecular weight excluding hydrogens is 628 g/mol. The quantitative estimate of drug-likeness (QED) is 0.231. The first-order chi connectivity index (χ1) is 23.6. The lowest BCUT2D eigenvalue weighted by Crippen LogP contribution is -2.65. The van der Waals surface area contributed by atoms with Gasteiger partial charge in [0, 0.05) is 31.5 Å². The fourth-order valence-electron chi connectivity index (χ4n) is 8.77. The number of nitrogens with zero attached hydrogens (tertiary/aromatic N) is 2. The van der Waals surface area contributed by atoms with Gasteiger partial charge in [0.1, 0.15) is 0 Å². The Morgan fingerprint density at radius 3 is 1.84 bits per heavy atom. The van der Waals surface area contributed by atoms with Crippen LogP contribution in [0.5, 0.6) is 23.0 Å². The van der Waals surface area contributed by atoms with Gasteiger partial charge in [-0.15, -0.1) is 0 Å². The van der Waals surface area contributed by atoms with E-state index >= 15 is 0 Å². The number of rotatable bonds is 11. The van der Waals surface area contributed by atoms with Crippen LogP contribution in [-0.2, 0) is 42.2 Å². The molecule has 3 atom stereocenters. The maximum absolute atomic E-state index is 14.2. The van der Waals surface area contributed by atoms with E-state index in [4.69, 9.17) is 28.4 Å². The second-order valence-corrected chi connectivity index (χ2v) is 13.0. The van der Waals surface area contributed by atoms with Crippen LogP contribution in [0.4, 0.5) is 0 Å². The number of likely N-dealkylation sites (N-methyl/N-ethyl adjacent to an activating group) is 1. The lowest BCUT2D eigenvalue weighted by Gasteiger charge is -2.60.